The first-order chi connectivity index (χ1) is 9.83. The molecule has 2 saturated heterocycles. The van der Waals surface area contributed by atoms with Crippen molar-refractivity contribution in [3.8, 4) is 0 Å². The molecule has 0 bridgehead atoms. The smallest absolute Gasteiger partial charge is 0.105 e. The Bertz CT molecular complexity index is 402. The van der Waals surface area contributed by atoms with Crippen molar-refractivity contribution in [1.29, 1.82) is 0 Å². The van der Waals surface area contributed by atoms with E-state index in [2.05, 4.69) is 37.8 Å². The summed E-state index contributed by atoms with van der Waals surface area (Å²) < 4.78 is 2.25. The van der Waals surface area contributed by atoms with Crippen molar-refractivity contribution in [2.45, 2.75) is 32.4 Å². The summed E-state index contributed by atoms with van der Waals surface area (Å²) in [7, 11) is 0. The highest BCUT2D eigenvalue weighted by atomic mass is 15.3. The van der Waals surface area contributed by atoms with E-state index >= 15 is 0 Å². The zero-order chi connectivity index (χ0) is 13.8. The van der Waals surface area contributed by atoms with Gasteiger partial charge in [0.05, 0.1) is 0 Å². The van der Waals surface area contributed by atoms with Crippen molar-refractivity contribution in [3.05, 3.63) is 18.2 Å². The van der Waals surface area contributed by atoms with Gasteiger partial charge in [0.25, 0.3) is 0 Å². The predicted octanol–water partition coefficient (Wildman–Crippen LogP) is 0.561. The second-order valence-corrected chi connectivity index (χ2v) is 6.05. The van der Waals surface area contributed by atoms with Gasteiger partial charge in [-0.25, -0.2) is 4.98 Å². The molecule has 0 amide bonds. The van der Waals surface area contributed by atoms with Crippen molar-refractivity contribution in [1.82, 2.24) is 24.7 Å². The quantitative estimate of drug-likeness (QED) is 0.853. The van der Waals surface area contributed by atoms with Gasteiger partial charge in [0.1, 0.15) is 5.82 Å². The van der Waals surface area contributed by atoms with E-state index < -0.39 is 0 Å². The molecule has 0 aliphatic carbocycles. The highest BCUT2D eigenvalue weighted by Crippen LogP contribution is 2.12. The number of aryl methyl sites for hydroxylation is 2. The van der Waals surface area contributed by atoms with Gasteiger partial charge >= 0.3 is 0 Å². The molecule has 20 heavy (non-hydrogen) atoms. The molecule has 3 heterocycles. The fraction of sp³-hybridized carbons (Fsp3) is 0.800. The highest BCUT2D eigenvalue weighted by molar-refractivity contribution is 4.88. The molecule has 1 N–H and O–H groups in total. The van der Waals surface area contributed by atoms with Crippen molar-refractivity contribution in [3.63, 3.8) is 0 Å². The molecule has 2 fully saturated rings. The average Bonchev–Trinajstić information content (AvgIpc) is 3.12. The van der Waals surface area contributed by atoms with Crippen LogP contribution in [0.5, 0.6) is 0 Å². The van der Waals surface area contributed by atoms with E-state index in [1.54, 1.807) is 0 Å². The van der Waals surface area contributed by atoms with Crippen LogP contribution in [0.3, 0.4) is 0 Å². The Labute approximate surface area is 122 Å². The average molecular weight is 277 g/mol. The van der Waals surface area contributed by atoms with Gasteiger partial charge in [-0.2, -0.15) is 0 Å². The van der Waals surface area contributed by atoms with Gasteiger partial charge in [-0.15, -0.1) is 0 Å². The summed E-state index contributed by atoms with van der Waals surface area (Å²) in [4.78, 5) is 9.57. The fourth-order valence-corrected chi connectivity index (χ4v) is 3.41. The molecule has 5 nitrogen and oxygen atoms in total. The van der Waals surface area contributed by atoms with E-state index in [9.17, 15) is 0 Å². The maximum absolute atomic E-state index is 4.27. The Balaban J connectivity index is 1.35. The van der Waals surface area contributed by atoms with Gasteiger partial charge < -0.3 is 14.8 Å². The van der Waals surface area contributed by atoms with E-state index in [0.717, 1.165) is 18.4 Å². The minimum absolute atomic E-state index is 0.797. The second kappa shape index (κ2) is 6.70. The van der Waals surface area contributed by atoms with E-state index in [4.69, 9.17) is 0 Å². The lowest BCUT2D eigenvalue weighted by atomic mass is 10.2. The Morgan fingerprint density at radius 1 is 1.25 bits per heavy atom. The summed E-state index contributed by atoms with van der Waals surface area (Å²) in [6.07, 6.45) is 6.53. The predicted molar refractivity (Wildman–Crippen MR) is 80.9 cm³/mol. The summed E-state index contributed by atoms with van der Waals surface area (Å²) in [5.41, 5.74) is 0. The van der Waals surface area contributed by atoms with E-state index in [1.807, 2.05) is 6.20 Å². The Morgan fingerprint density at radius 2 is 2.10 bits per heavy atom. The molecule has 1 atom stereocenters. The summed E-state index contributed by atoms with van der Waals surface area (Å²) in [5.74, 6) is 1.13. The minimum atomic E-state index is 0.797. The molecule has 0 saturated carbocycles. The first kappa shape index (κ1) is 14.0. The molecule has 3 rings (SSSR count). The van der Waals surface area contributed by atoms with Crippen LogP contribution >= 0.6 is 0 Å². The van der Waals surface area contributed by atoms with Crippen LogP contribution in [0.2, 0.25) is 0 Å². The van der Waals surface area contributed by atoms with Gasteiger partial charge in [-0.3, -0.25) is 4.90 Å². The molecule has 0 aromatic carbocycles. The fourth-order valence-electron chi connectivity index (χ4n) is 3.41. The van der Waals surface area contributed by atoms with Crippen LogP contribution in [0, 0.1) is 6.92 Å². The van der Waals surface area contributed by atoms with Crippen molar-refractivity contribution >= 4 is 0 Å². The van der Waals surface area contributed by atoms with Crippen LogP contribution < -0.4 is 5.32 Å². The third kappa shape index (κ3) is 3.40. The molecule has 5 heteroatoms. The van der Waals surface area contributed by atoms with Crippen molar-refractivity contribution < 1.29 is 0 Å². The van der Waals surface area contributed by atoms with Crippen LogP contribution in [-0.4, -0.2) is 71.2 Å². The second-order valence-electron chi connectivity index (χ2n) is 6.05. The standard InChI is InChI=1S/C15H27N5/c1-14-17-5-8-19(14)7-2-6-18-9-11-20(12-10-18)15-3-4-16-13-15/h5,8,15-16H,2-4,6-7,9-13H2,1H3/t15-/m1/s1. The third-order valence-corrected chi connectivity index (χ3v) is 4.75. The van der Waals surface area contributed by atoms with Gasteiger partial charge in [0.2, 0.25) is 0 Å². The van der Waals surface area contributed by atoms with Crippen LogP contribution in [0.25, 0.3) is 0 Å². The first-order valence-corrected chi connectivity index (χ1v) is 7.98. The molecule has 0 unspecified atom stereocenters. The third-order valence-electron chi connectivity index (χ3n) is 4.75. The van der Waals surface area contributed by atoms with Crippen LogP contribution in [0.1, 0.15) is 18.7 Å². The summed E-state index contributed by atoms with van der Waals surface area (Å²) in [6, 6.07) is 0.797. The van der Waals surface area contributed by atoms with E-state index in [0.29, 0.717) is 0 Å². The molecule has 112 valence electrons. The molecule has 2 aliphatic heterocycles. The molecular formula is C15H27N5. The molecule has 2 aliphatic rings. The lowest BCUT2D eigenvalue weighted by Crippen LogP contribution is -2.51. The van der Waals surface area contributed by atoms with Gasteiger partial charge in [-0.1, -0.05) is 0 Å². The van der Waals surface area contributed by atoms with Crippen LogP contribution in [0.4, 0.5) is 0 Å². The van der Waals surface area contributed by atoms with Crippen molar-refractivity contribution in [2.24, 2.45) is 0 Å². The number of hydrogen-bond acceptors (Lipinski definition) is 4. The van der Waals surface area contributed by atoms with Gasteiger partial charge in [-0.05, 0) is 32.9 Å². The van der Waals surface area contributed by atoms with Crippen LogP contribution in [-0.2, 0) is 6.54 Å². The summed E-state index contributed by atoms with van der Waals surface area (Å²) >= 11 is 0. The maximum atomic E-state index is 4.27. The summed E-state index contributed by atoms with van der Waals surface area (Å²) in [6.45, 7) is 11.8. The summed E-state index contributed by atoms with van der Waals surface area (Å²) in [5, 5.41) is 3.47. The van der Waals surface area contributed by atoms with E-state index in [-0.39, 0.29) is 0 Å². The number of aromatic nitrogens is 2. The number of piperazine rings is 1. The topological polar surface area (TPSA) is 36.3 Å². The Hall–Kier alpha value is -0.910. The number of hydrogen-bond donors (Lipinski definition) is 1. The van der Waals surface area contributed by atoms with E-state index in [1.165, 1.54) is 58.7 Å². The molecule has 0 spiro atoms. The number of rotatable bonds is 5. The molecule has 0 radical (unpaired) electrons. The normalized spacial score (nSPS) is 25.4. The van der Waals surface area contributed by atoms with Gasteiger partial charge in [0, 0.05) is 57.7 Å². The number of imidazole rings is 1. The minimum Gasteiger partial charge on any atom is -0.335 e. The van der Waals surface area contributed by atoms with Crippen molar-refractivity contribution in [2.75, 3.05) is 45.8 Å². The molecule has 1 aromatic heterocycles. The first-order valence-electron chi connectivity index (χ1n) is 7.98. The zero-order valence-electron chi connectivity index (χ0n) is 12.6. The lowest BCUT2D eigenvalue weighted by Gasteiger charge is -2.37. The number of nitrogens with one attached hydrogen (secondary N) is 1. The van der Waals surface area contributed by atoms with Gasteiger partial charge in [0.15, 0.2) is 0 Å². The number of nitrogens with zero attached hydrogens (tertiary/aromatic N) is 4. The monoisotopic (exact) mass is 277 g/mol. The Morgan fingerprint density at radius 3 is 2.75 bits per heavy atom. The largest absolute Gasteiger partial charge is 0.335 e. The Kier molecular flexibility index (Phi) is 4.70. The zero-order valence-corrected chi connectivity index (χ0v) is 12.6. The highest BCUT2D eigenvalue weighted by Gasteiger charge is 2.25. The molecular weight excluding hydrogens is 250 g/mol. The molecule has 1 aromatic rings. The lowest BCUT2D eigenvalue weighted by molar-refractivity contribution is 0.101. The SMILES string of the molecule is Cc1nccn1CCCN1CCN([C@@H]2CCNC2)CC1. The maximum Gasteiger partial charge on any atom is 0.105 e. The van der Waals surface area contributed by atoms with Crippen LogP contribution in [0.15, 0.2) is 12.4 Å².